The quantitative estimate of drug-likeness (QED) is 0.788. The van der Waals surface area contributed by atoms with Gasteiger partial charge in [-0.1, -0.05) is 17.7 Å². The van der Waals surface area contributed by atoms with Crippen LogP contribution < -0.4 is 5.73 Å². The Morgan fingerprint density at radius 2 is 2.05 bits per heavy atom. The average Bonchev–Trinajstić information content (AvgIpc) is 2.79. The summed E-state index contributed by atoms with van der Waals surface area (Å²) in [4.78, 5) is 4.10. The second-order valence-electron chi connectivity index (χ2n) is 4.60. The highest BCUT2D eigenvalue weighted by Gasteiger charge is 2.18. The number of rotatable bonds is 2. The van der Waals surface area contributed by atoms with Gasteiger partial charge in [-0.25, -0.2) is 4.39 Å². The number of anilines is 1. The summed E-state index contributed by atoms with van der Waals surface area (Å²) in [6, 6.07) is 8.20. The SMILES string of the molecule is Cn1nc(-c2ccc(F)c(Cl)c2)c(-c2cccnc2)c1N. The highest BCUT2D eigenvalue weighted by molar-refractivity contribution is 6.31. The highest BCUT2D eigenvalue weighted by Crippen LogP contribution is 2.36. The molecule has 0 saturated carbocycles. The third-order valence-corrected chi connectivity index (χ3v) is 3.52. The van der Waals surface area contributed by atoms with Gasteiger partial charge in [-0.2, -0.15) is 5.10 Å². The molecule has 0 radical (unpaired) electrons. The molecule has 0 fully saturated rings. The van der Waals surface area contributed by atoms with Crippen molar-refractivity contribution in [2.75, 3.05) is 5.73 Å². The largest absolute Gasteiger partial charge is 0.383 e. The molecule has 3 rings (SSSR count). The van der Waals surface area contributed by atoms with Crippen molar-refractivity contribution >= 4 is 17.4 Å². The van der Waals surface area contributed by atoms with Crippen molar-refractivity contribution in [1.82, 2.24) is 14.8 Å². The fourth-order valence-corrected chi connectivity index (χ4v) is 2.36. The first kappa shape index (κ1) is 13.6. The maximum atomic E-state index is 13.3. The van der Waals surface area contributed by atoms with Gasteiger partial charge in [0.15, 0.2) is 0 Å². The summed E-state index contributed by atoms with van der Waals surface area (Å²) in [5, 5.41) is 4.46. The van der Waals surface area contributed by atoms with E-state index in [1.807, 2.05) is 12.1 Å². The minimum absolute atomic E-state index is 0.0499. The monoisotopic (exact) mass is 302 g/mol. The predicted octanol–water partition coefficient (Wildman–Crippen LogP) is 3.52. The van der Waals surface area contributed by atoms with Gasteiger partial charge in [0.1, 0.15) is 17.3 Å². The molecule has 0 aliphatic heterocycles. The first-order chi connectivity index (χ1) is 10.1. The molecular formula is C15H12ClFN4. The second kappa shape index (κ2) is 5.18. The van der Waals surface area contributed by atoms with Gasteiger partial charge < -0.3 is 5.73 Å². The van der Waals surface area contributed by atoms with Crippen LogP contribution >= 0.6 is 11.6 Å². The maximum absolute atomic E-state index is 13.3. The van der Waals surface area contributed by atoms with Crippen LogP contribution in [0, 0.1) is 5.82 Å². The number of hydrogen-bond acceptors (Lipinski definition) is 3. The number of halogens is 2. The van der Waals surface area contributed by atoms with Gasteiger partial charge in [0, 0.05) is 30.6 Å². The van der Waals surface area contributed by atoms with Crippen molar-refractivity contribution in [1.29, 1.82) is 0 Å². The van der Waals surface area contributed by atoms with E-state index in [0.717, 1.165) is 11.1 Å². The number of nitrogens with zero attached hydrogens (tertiary/aromatic N) is 3. The standard InChI is InChI=1S/C15H12ClFN4/c1-21-15(18)13(10-3-2-6-19-8-10)14(20-21)9-4-5-12(17)11(16)7-9/h2-8H,18H2,1H3. The molecule has 6 heteroatoms. The van der Waals surface area contributed by atoms with Crippen LogP contribution in [0.2, 0.25) is 5.02 Å². The zero-order chi connectivity index (χ0) is 15.0. The first-order valence-electron chi connectivity index (χ1n) is 6.26. The number of hydrogen-bond donors (Lipinski definition) is 1. The Bertz CT molecular complexity index is 799. The highest BCUT2D eigenvalue weighted by atomic mass is 35.5. The van der Waals surface area contributed by atoms with Crippen LogP contribution in [-0.4, -0.2) is 14.8 Å². The van der Waals surface area contributed by atoms with E-state index in [0.29, 0.717) is 17.1 Å². The number of nitrogen functional groups attached to an aromatic ring is 1. The van der Waals surface area contributed by atoms with Gasteiger partial charge >= 0.3 is 0 Å². The average molecular weight is 303 g/mol. The third-order valence-electron chi connectivity index (χ3n) is 3.23. The minimum Gasteiger partial charge on any atom is -0.383 e. The molecule has 2 aromatic heterocycles. The lowest BCUT2D eigenvalue weighted by molar-refractivity contribution is 0.628. The fraction of sp³-hybridized carbons (Fsp3) is 0.0667. The van der Waals surface area contributed by atoms with Gasteiger partial charge in [0.05, 0.1) is 10.6 Å². The van der Waals surface area contributed by atoms with E-state index in [2.05, 4.69) is 10.1 Å². The Hall–Kier alpha value is -2.40. The Morgan fingerprint density at radius 3 is 2.71 bits per heavy atom. The van der Waals surface area contributed by atoms with Gasteiger partial charge in [0.2, 0.25) is 0 Å². The van der Waals surface area contributed by atoms with Crippen LogP contribution in [0.25, 0.3) is 22.4 Å². The van der Waals surface area contributed by atoms with E-state index >= 15 is 0 Å². The molecule has 0 amide bonds. The van der Waals surface area contributed by atoms with Gasteiger partial charge in [-0.3, -0.25) is 9.67 Å². The number of nitrogens with two attached hydrogens (primary N) is 1. The molecule has 2 heterocycles. The molecule has 4 nitrogen and oxygen atoms in total. The summed E-state index contributed by atoms with van der Waals surface area (Å²) >= 11 is 5.86. The number of pyridine rings is 1. The molecule has 0 atom stereocenters. The molecule has 3 aromatic rings. The lowest BCUT2D eigenvalue weighted by atomic mass is 10.0. The number of aryl methyl sites for hydroxylation is 1. The Morgan fingerprint density at radius 1 is 1.24 bits per heavy atom. The van der Waals surface area contributed by atoms with Gasteiger partial charge in [-0.15, -0.1) is 0 Å². The lowest BCUT2D eigenvalue weighted by Gasteiger charge is -2.04. The van der Waals surface area contributed by atoms with Crippen LogP contribution in [-0.2, 0) is 7.05 Å². The zero-order valence-electron chi connectivity index (χ0n) is 11.2. The molecule has 1 aromatic carbocycles. The van der Waals surface area contributed by atoms with Crippen LogP contribution in [0.3, 0.4) is 0 Å². The van der Waals surface area contributed by atoms with Crippen molar-refractivity contribution in [2.45, 2.75) is 0 Å². The van der Waals surface area contributed by atoms with E-state index in [1.54, 1.807) is 36.3 Å². The lowest BCUT2D eigenvalue weighted by Crippen LogP contribution is -1.98. The normalized spacial score (nSPS) is 10.8. The van der Waals surface area contributed by atoms with Crippen molar-refractivity contribution in [3.63, 3.8) is 0 Å². The Labute approximate surface area is 126 Å². The topological polar surface area (TPSA) is 56.7 Å². The van der Waals surface area contributed by atoms with E-state index in [4.69, 9.17) is 17.3 Å². The van der Waals surface area contributed by atoms with Crippen molar-refractivity contribution < 1.29 is 4.39 Å². The van der Waals surface area contributed by atoms with E-state index in [-0.39, 0.29) is 5.02 Å². The molecule has 0 spiro atoms. The zero-order valence-corrected chi connectivity index (χ0v) is 12.0. The maximum Gasteiger partial charge on any atom is 0.141 e. The Kier molecular flexibility index (Phi) is 3.35. The summed E-state index contributed by atoms with van der Waals surface area (Å²) in [5.74, 6) is 0.0469. The van der Waals surface area contributed by atoms with Gasteiger partial charge in [0.25, 0.3) is 0 Å². The summed E-state index contributed by atoms with van der Waals surface area (Å²) in [6.45, 7) is 0. The van der Waals surface area contributed by atoms with Crippen LogP contribution in [0.4, 0.5) is 10.2 Å². The summed E-state index contributed by atoms with van der Waals surface area (Å²) < 4.78 is 14.9. The molecular weight excluding hydrogens is 291 g/mol. The molecule has 106 valence electrons. The Balaban J connectivity index is 2.24. The first-order valence-corrected chi connectivity index (χ1v) is 6.64. The van der Waals surface area contributed by atoms with E-state index in [1.165, 1.54) is 6.07 Å². The van der Waals surface area contributed by atoms with Crippen molar-refractivity contribution in [2.24, 2.45) is 7.05 Å². The molecule has 0 saturated heterocycles. The molecule has 0 bridgehead atoms. The molecule has 0 unspecified atom stereocenters. The van der Waals surface area contributed by atoms with Crippen LogP contribution in [0.5, 0.6) is 0 Å². The van der Waals surface area contributed by atoms with Crippen molar-refractivity contribution in [3.8, 4) is 22.4 Å². The minimum atomic E-state index is -0.466. The van der Waals surface area contributed by atoms with E-state index < -0.39 is 5.82 Å². The number of benzene rings is 1. The van der Waals surface area contributed by atoms with E-state index in [9.17, 15) is 4.39 Å². The molecule has 0 aliphatic carbocycles. The predicted molar refractivity (Wildman–Crippen MR) is 81.3 cm³/mol. The summed E-state index contributed by atoms with van der Waals surface area (Å²) in [7, 11) is 1.75. The van der Waals surface area contributed by atoms with Gasteiger partial charge in [-0.05, 0) is 24.3 Å². The molecule has 21 heavy (non-hydrogen) atoms. The van der Waals surface area contributed by atoms with Crippen LogP contribution in [0.1, 0.15) is 0 Å². The third kappa shape index (κ3) is 2.36. The molecule has 2 N–H and O–H groups in total. The van der Waals surface area contributed by atoms with Crippen LogP contribution in [0.15, 0.2) is 42.7 Å². The number of aromatic nitrogens is 3. The summed E-state index contributed by atoms with van der Waals surface area (Å²) in [6.07, 6.45) is 3.40. The summed E-state index contributed by atoms with van der Waals surface area (Å²) in [5.41, 5.74) is 9.05. The second-order valence-corrected chi connectivity index (χ2v) is 5.01. The fourth-order valence-electron chi connectivity index (χ4n) is 2.18. The smallest absolute Gasteiger partial charge is 0.141 e. The molecule has 0 aliphatic rings. The van der Waals surface area contributed by atoms with Crippen molar-refractivity contribution in [3.05, 3.63) is 53.6 Å².